The van der Waals surface area contributed by atoms with Gasteiger partial charge >= 0.3 is 0 Å². The number of hydrogen-bond donors (Lipinski definition) is 2. The second-order valence-electron chi connectivity index (χ2n) is 3.93. The molecule has 2 rings (SSSR count). The summed E-state index contributed by atoms with van der Waals surface area (Å²) < 4.78 is 4.94. The standard InChI is InChI=1S/C10H16N4O2/c1-7-13-9(16-14-7)4-6-12-10(15)8-3-2-5-11-8/h8,11H,2-6H2,1H3,(H,12,15)/t8-/m1/s1. The van der Waals surface area contributed by atoms with Gasteiger partial charge < -0.3 is 15.2 Å². The molecule has 1 saturated heterocycles. The summed E-state index contributed by atoms with van der Waals surface area (Å²) in [6.45, 7) is 3.24. The number of aromatic nitrogens is 2. The van der Waals surface area contributed by atoms with E-state index in [1.54, 1.807) is 6.92 Å². The van der Waals surface area contributed by atoms with Crippen molar-refractivity contribution in [3.05, 3.63) is 11.7 Å². The van der Waals surface area contributed by atoms with Gasteiger partial charge in [-0.25, -0.2) is 0 Å². The van der Waals surface area contributed by atoms with Gasteiger partial charge in [0, 0.05) is 13.0 Å². The maximum absolute atomic E-state index is 11.6. The van der Waals surface area contributed by atoms with Gasteiger partial charge in [-0.05, 0) is 26.3 Å². The first kappa shape index (κ1) is 11.1. The van der Waals surface area contributed by atoms with E-state index in [-0.39, 0.29) is 11.9 Å². The zero-order chi connectivity index (χ0) is 11.4. The van der Waals surface area contributed by atoms with E-state index in [2.05, 4.69) is 20.8 Å². The van der Waals surface area contributed by atoms with E-state index in [4.69, 9.17) is 4.52 Å². The van der Waals surface area contributed by atoms with Crippen molar-refractivity contribution >= 4 is 5.91 Å². The summed E-state index contributed by atoms with van der Waals surface area (Å²) in [6.07, 6.45) is 2.58. The number of rotatable bonds is 4. The Bertz CT molecular complexity index is 357. The normalized spacial score (nSPS) is 19.9. The molecule has 1 fully saturated rings. The van der Waals surface area contributed by atoms with Gasteiger partial charge in [-0.3, -0.25) is 4.79 Å². The zero-order valence-electron chi connectivity index (χ0n) is 9.32. The van der Waals surface area contributed by atoms with Gasteiger partial charge in [0.05, 0.1) is 6.04 Å². The van der Waals surface area contributed by atoms with Crippen LogP contribution in [0.4, 0.5) is 0 Å². The Labute approximate surface area is 93.8 Å². The lowest BCUT2D eigenvalue weighted by atomic mass is 10.2. The van der Waals surface area contributed by atoms with E-state index < -0.39 is 0 Å². The monoisotopic (exact) mass is 224 g/mol. The Morgan fingerprint density at radius 1 is 1.69 bits per heavy atom. The van der Waals surface area contributed by atoms with Crippen LogP contribution < -0.4 is 10.6 Å². The molecule has 1 aliphatic rings. The summed E-state index contributed by atoms with van der Waals surface area (Å²) in [7, 11) is 0. The van der Waals surface area contributed by atoms with Crippen LogP contribution in [0.3, 0.4) is 0 Å². The smallest absolute Gasteiger partial charge is 0.237 e. The van der Waals surface area contributed by atoms with Crippen LogP contribution in [0.1, 0.15) is 24.6 Å². The molecule has 0 spiro atoms. The number of aryl methyl sites for hydroxylation is 1. The topological polar surface area (TPSA) is 80.0 Å². The molecule has 0 radical (unpaired) electrons. The van der Waals surface area contributed by atoms with Gasteiger partial charge in [0.25, 0.3) is 0 Å². The quantitative estimate of drug-likeness (QED) is 0.739. The van der Waals surface area contributed by atoms with Crippen LogP contribution in [0.25, 0.3) is 0 Å². The van der Waals surface area contributed by atoms with E-state index in [9.17, 15) is 4.79 Å². The van der Waals surface area contributed by atoms with Crippen LogP contribution in [-0.4, -0.2) is 35.2 Å². The Balaban J connectivity index is 1.69. The molecule has 1 aromatic rings. The first-order chi connectivity index (χ1) is 7.75. The third-order valence-electron chi connectivity index (χ3n) is 2.58. The molecule has 2 heterocycles. The fourth-order valence-corrected chi connectivity index (χ4v) is 1.77. The third-order valence-corrected chi connectivity index (χ3v) is 2.58. The molecule has 6 heteroatoms. The average molecular weight is 224 g/mol. The van der Waals surface area contributed by atoms with Crippen molar-refractivity contribution in [1.29, 1.82) is 0 Å². The molecule has 0 bridgehead atoms. The number of nitrogens with one attached hydrogen (secondary N) is 2. The van der Waals surface area contributed by atoms with Crippen LogP contribution in [0.2, 0.25) is 0 Å². The fraction of sp³-hybridized carbons (Fsp3) is 0.700. The Morgan fingerprint density at radius 2 is 2.56 bits per heavy atom. The van der Waals surface area contributed by atoms with Gasteiger partial charge in [-0.2, -0.15) is 4.98 Å². The summed E-state index contributed by atoms with van der Waals surface area (Å²) in [5, 5.41) is 9.68. The molecule has 1 amide bonds. The van der Waals surface area contributed by atoms with E-state index in [1.165, 1.54) is 0 Å². The Hall–Kier alpha value is -1.43. The van der Waals surface area contributed by atoms with Crippen molar-refractivity contribution < 1.29 is 9.32 Å². The summed E-state index contributed by atoms with van der Waals surface area (Å²) >= 11 is 0. The lowest BCUT2D eigenvalue weighted by Crippen LogP contribution is -2.41. The Kier molecular flexibility index (Phi) is 3.51. The Morgan fingerprint density at radius 3 is 3.19 bits per heavy atom. The van der Waals surface area contributed by atoms with Crippen LogP contribution in [0.15, 0.2) is 4.52 Å². The summed E-state index contributed by atoms with van der Waals surface area (Å²) in [5.41, 5.74) is 0. The van der Waals surface area contributed by atoms with Crippen LogP contribution in [0, 0.1) is 6.92 Å². The highest BCUT2D eigenvalue weighted by Crippen LogP contribution is 2.04. The van der Waals surface area contributed by atoms with Gasteiger partial charge in [-0.1, -0.05) is 5.16 Å². The molecule has 1 aliphatic heterocycles. The minimum Gasteiger partial charge on any atom is -0.354 e. The predicted molar refractivity (Wildman–Crippen MR) is 56.8 cm³/mol. The minimum atomic E-state index is -0.0237. The van der Waals surface area contributed by atoms with E-state index in [0.717, 1.165) is 19.4 Å². The maximum Gasteiger partial charge on any atom is 0.237 e. The number of carbonyl (C=O) groups excluding carboxylic acids is 1. The molecular weight excluding hydrogens is 208 g/mol. The zero-order valence-corrected chi connectivity index (χ0v) is 9.32. The number of nitrogens with zero attached hydrogens (tertiary/aromatic N) is 2. The lowest BCUT2D eigenvalue weighted by molar-refractivity contribution is -0.122. The molecule has 1 atom stereocenters. The van der Waals surface area contributed by atoms with Crippen LogP contribution in [-0.2, 0) is 11.2 Å². The second kappa shape index (κ2) is 5.07. The van der Waals surface area contributed by atoms with Crippen molar-refractivity contribution in [1.82, 2.24) is 20.8 Å². The maximum atomic E-state index is 11.6. The molecule has 1 aromatic heterocycles. The number of hydrogen-bond acceptors (Lipinski definition) is 5. The van der Waals surface area contributed by atoms with E-state index in [0.29, 0.717) is 24.7 Å². The molecule has 0 aromatic carbocycles. The van der Waals surface area contributed by atoms with Gasteiger partial charge in [0.1, 0.15) is 0 Å². The highest BCUT2D eigenvalue weighted by Gasteiger charge is 2.21. The highest BCUT2D eigenvalue weighted by molar-refractivity contribution is 5.81. The molecular formula is C10H16N4O2. The second-order valence-corrected chi connectivity index (χ2v) is 3.93. The lowest BCUT2D eigenvalue weighted by Gasteiger charge is -2.09. The van der Waals surface area contributed by atoms with Crippen molar-refractivity contribution in [2.75, 3.05) is 13.1 Å². The molecule has 0 aliphatic carbocycles. The SMILES string of the molecule is Cc1noc(CCNC(=O)[C@H]2CCCN2)n1. The summed E-state index contributed by atoms with van der Waals surface area (Å²) in [5.74, 6) is 1.25. The molecule has 88 valence electrons. The summed E-state index contributed by atoms with van der Waals surface area (Å²) in [4.78, 5) is 15.7. The third kappa shape index (κ3) is 2.79. The van der Waals surface area contributed by atoms with Crippen molar-refractivity contribution in [3.8, 4) is 0 Å². The fourth-order valence-electron chi connectivity index (χ4n) is 1.77. The van der Waals surface area contributed by atoms with E-state index >= 15 is 0 Å². The van der Waals surface area contributed by atoms with Crippen molar-refractivity contribution in [3.63, 3.8) is 0 Å². The van der Waals surface area contributed by atoms with Crippen LogP contribution in [0.5, 0.6) is 0 Å². The highest BCUT2D eigenvalue weighted by atomic mass is 16.5. The largest absolute Gasteiger partial charge is 0.354 e. The number of carbonyl (C=O) groups is 1. The van der Waals surface area contributed by atoms with Crippen LogP contribution >= 0.6 is 0 Å². The van der Waals surface area contributed by atoms with Gasteiger partial charge in [0.15, 0.2) is 5.82 Å². The molecule has 6 nitrogen and oxygen atoms in total. The van der Waals surface area contributed by atoms with E-state index in [1.807, 2.05) is 0 Å². The summed E-state index contributed by atoms with van der Waals surface area (Å²) in [6, 6.07) is -0.0237. The molecule has 0 unspecified atom stereocenters. The minimum absolute atomic E-state index is 0.0237. The van der Waals surface area contributed by atoms with Gasteiger partial charge in [-0.15, -0.1) is 0 Å². The molecule has 16 heavy (non-hydrogen) atoms. The molecule has 2 N–H and O–H groups in total. The van der Waals surface area contributed by atoms with Crippen molar-refractivity contribution in [2.45, 2.75) is 32.2 Å². The first-order valence-corrected chi connectivity index (χ1v) is 5.56. The van der Waals surface area contributed by atoms with Gasteiger partial charge in [0.2, 0.25) is 11.8 Å². The number of amides is 1. The molecule has 0 saturated carbocycles. The first-order valence-electron chi connectivity index (χ1n) is 5.56. The average Bonchev–Trinajstić information content (AvgIpc) is 2.89. The predicted octanol–water partition coefficient (Wildman–Crippen LogP) is -0.211. The van der Waals surface area contributed by atoms with Crippen molar-refractivity contribution in [2.24, 2.45) is 0 Å².